The van der Waals surface area contributed by atoms with Crippen LogP contribution in [-0.2, 0) is 0 Å². The van der Waals surface area contributed by atoms with E-state index < -0.39 is 0 Å². The standard InChI is InChI=1S/C12H10NO2/c1-15-11-5-2-9(3-6-11)10-4-7-12(14)13-8-10/h2-6,8H,1H3,(H,13,14). The first-order valence-corrected chi connectivity index (χ1v) is 4.54. The molecule has 1 heterocycles. The minimum atomic E-state index is -0.215. The Balaban J connectivity index is 2.37. The summed E-state index contributed by atoms with van der Waals surface area (Å²) in [7, 11) is 1.63. The molecule has 2 aromatic rings. The van der Waals surface area contributed by atoms with E-state index in [0.29, 0.717) is 0 Å². The Morgan fingerprint density at radius 1 is 1.20 bits per heavy atom. The van der Waals surface area contributed by atoms with Crippen LogP contribution in [0.3, 0.4) is 0 Å². The monoisotopic (exact) mass is 200 g/mol. The van der Waals surface area contributed by atoms with Crippen molar-refractivity contribution < 1.29 is 4.74 Å². The summed E-state index contributed by atoms with van der Waals surface area (Å²) in [4.78, 5) is 13.4. The van der Waals surface area contributed by atoms with Crippen LogP contribution < -0.4 is 10.3 Å². The van der Waals surface area contributed by atoms with Gasteiger partial charge in [-0.2, -0.15) is 0 Å². The summed E-state index contributed by atoms with van der Waals surface area (Å²) in [6.45, 7) is 0. The van der Waals surface area contributed by atoms with E-state index in [2.05, 4.69) is 11.1 Å². The number of rotatable bonds is 2. The minimum absolute atomic E-state index is 0.215. The molecular weight excluding hydrogens is 190 g/mol. The van der Waals surface area contributed by atoms with Crippen molar-refractivity contribution in [3.05, 3.63) is 52.9 Å². The van der Waals surface area contributed by atoms with Crippen LogP contribution in [-0.4, -0.2) is 12.1 Å². The van der Waals surface area contributed by atoms with Crippen molar-refractivity contribution in [2.75, 3.05) is 7.11 Å². The van der Waals surface area contributed by atoms with Crippen LogP contribution in [0.5, 0.6) is 5.75 Å². The Bertz CT molecular complexity index is 479. The van der Waals surface area contributed by atoms with Gasteiger partial charge in [-0.15, -0.1) is 0 Å². The second kappa shape index (κ2) is 4.00. The molecular formula is C12H10NO2. The number of ether oxygens (including phenoxy) is 1. The third kappa shape index (κ3) is 2.07. The number of aromatic amines is 1. The minimum Gasteiger partial charge on any atom is -0.497 e. The Hall–Kier alpha value is -2.03. The molecule has 1 aromatic carbocycles. The van der Waals surface area contributed by atoms with Crippen LogP contribution >= 0.6 is 0 Å². The van der Waals surface area contributed by atoms with Crippen LogP contribution in [0.25, 0.3) is 11.1 Å². The van der Waals surface area contributed by atoms with Gasteiger partial charge in [0.1, 0.15) is 5.75 Å². The number of hydrogen-bond acceptors (Lipinski definition) is 2. The van der Waals surface area contributed by atoms with E-state index in [-0.39, 0.29) is 5.56 Å². The average molecular weight is 200 g/mol. The van der Waals surface area contributed by atoms with E-state index in [1.54, 1.807) is 19.4 Å². The van der Waals surface area contributed by atoms with Crippen molar-refractivity contribution >= 4 is 0 Å². The quantitative estimate of drug-likeness (QED) is 0.803. The van der Waals surface area contributed by atoms with Gasteiger partial charge in [0.25, 0.3) is 5.56 Å². The largest absolute Gasteiger partial charge is 0.497 e. The van der Waals surface area contributed by atoms with E-state index >= 15 is 0 Å². The molecule has 3 nitrogen and oxygen atoms in total. The summed E-state index contributed by atoms with van der Waals surface area (Å²) in [5.74, 6) is 0.812. The number of aromatic nitrogens is 1. The van der Waals surface area contributed by atoms with Gasteiger partial charge in [-0.1, -0.05) is 12.1 Å². The zero-order chi connectivity index (χ0) is 10.7. The molecule has 0 saturated carbocycles. The van der Waals surface area contributed by atoms with Gasteiger partial charge in [-0.3, -0.25) is 4.79 Å². The van der Waals surface area contributed by atoms with Crippen molar-refractivity contribution in [2.24, 2.45) is 0 Å². The normalized spacial score (nSPS) is 9.93. The van der Waals surface area contributed by atoms with Gasteiger partial charge >= 0.3 is 0 Å². The fraction of sp³-hybridized carbons (Fsp3) is 0.0833. The van der Waals surface area contributed by atoms with E-state index in [1.807, 2.05) is 24.3 Å². The lowest BCUT2D eigenvalue weighted by Crippen LogP contribution is -2.02. The third-order valence-corrected chi connectivity index (χ3v) is 2.14. The average Bonchev–Trinajstić information content (AvgIpc) is 2.30. The Morgan fingerprint density at radius 3 is 2.47 bits per heavy atom. The molecule has 0 bridgehead atoms. The molecule has 0 fully saturated rings. The third-order valence-electron chi connectivity index (χ3n) is 2.14. The highest BCUT2D eigenvalue weighted by molar-refractivity contribution is 5.62. The molecule has 75 valence electrons. The molecule has 0 aliphatic rings. The SMILES string of the molecule is COc1ccc(-c2c[c]c(=O)[nH]c2)cc1. The fourth-order valence-corrected chi connectivity index (χ4v) is 1.32. The maximum atomic E-state index is 10.8. The first-order chi connectivity index (χ1) is 7.29. The first kappa shape index (κ1) is 9.52. The van der Waals surface area contributed by atoms with Crippen molar-refractivity contribution in [1.29, 1.82) is 0 Å². The summed E-state index contributed by atoms with van der Waals surface area (Å²) in [5.41, 5.74) is 1.73. The Labute approximate surface area is 87.3 Å². The Kier molecular flexibility index (Phi) is 2.54. The number of nitrogens with one attached hydrogen (secondary N) is 1. The van der Waals surface area contributed by atoms with Gasteiger partial charge in [0.2, 0.25) is 0 Å². The maximum Gasteiger partial charge on any atom is 0.256 e. The molecule has 0 atom stereocenters. The van der Waals surface area contributed by atoms with Crippen LogP contribution in [0.4, 0.5) is 0 Å². The lowest BCUT2D eigenvalue weighted by molar-refractivity contribution is 0.415. The molecule has 0 aliphatic carbocycles. The smallest absolute Gasteiger partial charge is 0.256 e. The van der Waals surface area contributed by atoms with E-state index in [0.717, 1.165) is 16.9 Å². The predicted octanol–water partition coefficient (Wildman–Crippen LogP) is 1.85. The molecule has 0 saturated heterocycles. The van der Waals surface area contributed by atoms with Crippen LogP contribution in [0, 0.1) is 6.07 Å². The summed E-state index contributed by atoms with van der Waals surface area (Å²) in [5, 5.41) is 0. The molecule has 15 heavy (non-hydrogen) atoms. The summed E-state index contributed by atoms with van der Waals surface area (Å²) >= 11 is 0. The van der Waals surface area contributed by atoms with Gasteiger partial charge < -0.3 is 9.72 Å². The molecule has 2 rings (SSSR count). The molecule has 0 aliphatic heterocycles. The summed E-state index contributed by atoms with van der Waals surface area (Å²) in [6, 6.07) is 11.9. The molecule has 1 N–H and O–H groups in total. The first-order valence-electron chi connectivity index (χ1n) is 4.54. The molecule has 1 aromatic heterocycles. The maximum absolute atomic E-state index is 10.8. The fourth-order valence-electron chi connectivity index (χ4n) is 1.32. The van der Waals surface area contributed by atoms with Gasteiger partial charge in [0.05, 0.1) is 13.2 Å². The van der Waals surface area contributed by atoms with Crippen molar-refractivity contribution in [3.8, 4) is 16.9 Å². The molecule has 3 heteroatoms. The molecule has 1 radical (unpaired) electrons. The lowest BCUT2D eigenvalue weighted by atomic mass is 10.1. The molecule has 0 amide bonds. The number of pyridine rings is 1. The second-order valence-corrected chi connectivity index (χ2v) is 3.09. The predicted molar refractivity (Wildman–Crippen MR) is 57.9 cm³/mol. The van der Waals surface area contributed by atoms with Crippen molar-refractivity contribution in [2.45, 2.75) is 0 Å². The number of benzene rings is 1. The van der Waals surface area contributed by atoms with Gasteiger partial charge in [-0.05, 0) is 29.3 Å². The highest BCUT2D eigenvalue weighted by Crippen LogP contribution is 2.20. The zero-order valence-corrected chi connectivity index (χ0v) is 8.28. The summed E-state index contributed by atoms with van der Waals surface area (Å²) in [6.07, 6.45) is 1.67. The second-order valence-electron chi connectivity index (χ2n) is 3.09. The summed E-state index contributed by atoms with van der Waals surface area (Å²) < 4.78 is 5.06. The topological polar surface area (TPSA) is 42.1 Å². The van der Waals surface area contributed by atoms with Crippen LogP contribution in [0.2, 0.25) is 0 Å². The van der Waals surface area contributed by atoms with Crippen LogP contribution in [0.1, 0.15) is 0 Å². The highest BCUT2D eigenvalue weighted by Gasteiger charge is 1.97. The lowest BCUT2D eigenvalue weighted by Gasteiger charge is -2.02. The number of methoxy groups -OCH3 is 1. The van der Waals surface area contributed by atoms with Crippen molar-refractivity contribution in [1.82, 2.24) is 4.98 Å². The molecule has 0 unspecified atom stereocenters. The van der Waals surface area contributed by atoms with E-state index in [4.69, 9.17) is 4.74 Å². The van der Waals surface area contributed by atoms with Crippen molar-refractivity contribution in [3.63, 3.8) is 0 Å². The number of H-pyrrole nitrogens is 1. The highest BCUT2D eigenvalue weighted by atomic mass is 16.5. The van der Waals surface area contributed by atoms with Crippen LogP contribution in [0.15, 0.2) is 41.3 Å². The zero-order valence-electron chi connectivity index (χ0n) is 8.28. The molecule has 0 spiro atoms. The van der Waals surface area contributed by atoms with Gasteiger partial charge in [0.15, 0.2) is 0 Å². The van der Waals surface area contributed by atoms with E-state index in [9.17, 15) is 4.79 Å². The van der Waals surface area contributed by atoms with E-state index in [1.165, 1.54) is 0 Å². The van der Waals surface area contributed by atoms with Gasteiger partial charge in [0, 0.05) is 6.20 Å². The number of hydrogen-bond donors (Lipinski definition) is 1. The Morgan fingerprint density at radius 2 is 1.93 bits per heavy atom. The van der Waals surface area contributed by atoms with Gasteiger partial charge in [-0.25, -0.2) is 0 Å².